The fraction of sp³-hybridized carbons (Fsp3) is 0.286. The van der Waals surface area contributed by atoms with Gasteiger partial charge in [0.2, 0.25) is 0 Å². The van der Waals surface area contributed by atoms with Gasteiger partial charge in [0.15, 0.2) is 0 Å². The van der Waals surface area contributed by atoms with E-state index in [0.717, 1.165) is 6.08 Å². The van der Waals surface area contributed by atoms with Gasteiger partial charge in [-0.05, 0) is 12.5 Å². The largest absolute Gasteiger partial charge is 0.510 e. The van der Waals surface area contributed by atoms with E-state index in [4.69, 9.17) is 15.3 Å². The van der Waals surface area contributed by atoms with Crippen LogP contribution in [-0.4, -0.2) is 27.4 Å². The summed E-state index contributed by atoms with van der Waals surface area (Å²) in [5, 5.41) is 26.3. The Morgan fingerprint density at radius 1 is 1.64 bits per heavy atom. The molecular formula is C7H8O4. The predicted molar refractivity (Wildman–Crippen MR) is 37.1 cm³/mol. The molecule has 11 heavy (non-hydrogen) atoms. The zero-order valence-electron chi connectivity index (χ0n) is 5.69. The lowest BCUT2D eigenvalue weighted by molar-refractivity contribution is -0.132. The molecule has 0 fully saturated rings. The van der Waals surface area contributed by atoms with E-state index in [2.05, 4.69) is 0 Å². The van der Waals surface area contributed by atoms with Gasteiger partial charge in [0.05, 0.1) is 5.57 Å². The van der Waals surface area contributed by atoms with Crippen molar-refractivity contribution in [3.8, 4) is 0 Å². The van der Waals surface area contributed by atoms with Gasteiger partial charge in [-0.1, -0.05) is 6.08 Å². The topological polar surface area (TPSA) is 77.8 Å². The summed E-state index contributed by atoms with van der Waals surface area (Å²) >= 11 is 0. The number of rotatable bonds is 1. The van der Waals surface area contributed by atoms with E-state index < -0.39 is 12.1 Å². The molecule has 1 atom stereocenters. The lowest BCUT2D eigenvalue weighted by atomic mass is 10.0. The molecule has 0 aromatic carbocycles. The lowest BCUT2D eigenvalue weighted by Crippen LogP contribution is -2.15. The van der Waals surface area contributed by atoms with Crippen LogP contribution in [0.2, 0.25) is 0 Å². The van der Waals surface area contributed by atoms with Gasteiger partial charge in [0, 0.05) is 0 Å². The summed E-state index contributed by atoms with van der Waals surface area (Å²) in [6, 6.07) is 0. The highest BCUT2D eigenvalue weighted by molar-refractivity contribution is 5.90. The van der Waals surface area contributed by atoms with Crippen molar-refractivity contribution in [2.75, 3.05) is 0 Å². The smallest absolute Gasteiger partial charge is 0.335 e. The zero-order chi connectivity index (χ0) is 8.43. The van der Waals surface area contributed by atoms with Crippen molar-refractivity contribution in [3.05, 3.63) is 23.5 Å². The Bertz CT molecular complexity index is 239. The maximum absolute atomic E-state index is 10.3. The second-order valence-corrected chi connectivity index (χ2v) is 2.29. The summed E-state index contributed by atoms with van der Waals surface area (Å²) in [7, 11) is 0. The molecule has 0 heterocycles. The Kier molecular flexibility index (Phi) is 1.96. The summed E-state index contributed by atoms with van der Waals surface area (Å²) in [5.41, 5.74) is 0.0211. The molecule has 0 saturated carbocycles. The Balaban J connectivity index is 2.83. The summed E-state index contributed by atoms with van der Waals surface area (Å²) in [6.45, 7) is 0. The van der Waals surface area contributed by atoms with E-state index in [0.29, 0.717) is 0 Å². The van der Waals surface area contributed by atoms with Gasteiger partial charge >= 0.3 is 5.97 Å². The van der Waals surface area contributed by atoms with E-state index in [1.165, 1.54) is 6.08 Å². The van der Waals surface area contributed by atoms with Gasteiger partial charge in [0.1, 0.15) is 11.9 Å². The first-order valence-electron chi connectivity index (χ1n) is 3.13. The van der Waals surface area contributed by atoms with Crippen molar-refractivity contribution >= 4 is 5.97 Å². The van der Waals surface area contributed by atoms with Gasteiger partial charge in [-0.25, -0.2) is 4.79 Å². The quantitative estimate of drug-likeness (QED) is 0.507. The van der Waals surface area contributed by atoms with Crippen LogP contribution in [0.1, 0.15) is 6.42 Å². The minimum atomic E-state index is -1.09. The van der Waals surface area contributed by atoms with Crippen molar-refractivity contribution < 1.29 is 20.1 Å². The number of carbonyl (C=O) groups is 1. The molecule has 4 nitrogen and oxygen atoms in total. The molecule has 0 bridgehead atoms. The van der Waals surface area contributed by atoms with E-state index in [9.17, 15) is 4.79 Å². The number of hydrogen-bond acceptors (Lipinski definition) is 3. The molecule has 1 aliphatic rings. The van der Waals surface area contributed by atoms with Crippen LogP contribution in [0, 0.1) is 0 Å². The van der Waals surface area contributed by atoms with Gasteiger partial charge in [0.25, 0.3) is 0 Å². The maximum atomic E-state index is 10.3. The summed E-state index contributed by atoms with van der Waals surface area (Å²) in [4.78, 5) is 10.3. The SMILES string of the molecule is O=C(O)C1=CC[C@@H](O)C(O)=C1. The molecule has 60 valence electrons. The maximum Gasteiger partial charge on any atom is 0.335 e. The van der Waals surface area contributed by atoms with Crippen molar-refractivity contribution in [1.29, 1.82) is 0 Å². The second-order valence-electron chi connectivity index (χ2n) is 2.29. The third-order valence-corrected chi connectivity index (χ3v) is 1.45. The minimum Gasteiger partial charge on any atom is -0.510 e. The van der Waals surface area contributed by atoms with Crippen LogP contribution in [0.25, 0.3) is 0 Å². The second kappa shape index (κ2) is 2.75. The van der Waals surface area contributed by atoms with Crippen LogP contribution in [0.5, 0.6) is 0 Å². The first-order chi connectivity index (χ1) is 5.11. The van der Waals surface area contributed by atoms with Crippen molar-refractivity contribution in [1.82, 2.24) is 0 Å². The highest BCUT2D eigenvalue weighted by Gasteiger charge is 2.16. The number of carboxylic acid groups (broad SMARTS) is 1. The fourth-order valence-corrected chi connectivity index (χ4v) is 0.823. The van der Waals surface area contributed by atoms with Crippen LogP contribution < -0.4 is 0 Å². The number of aliphatic hydroxyl groups is 2. The Hall–Kier alpha value is -1.29. The summed E-state index contributed by atoms with van der Waals surface area (Å²) in [5.74, 6) is -1.38. The van der Waals surface area contributed by atoms with Crippen molar-refractivity contribution in [2.45, 2.75) is 12.5 Å². The van der Waals surface area contributed by atoms with E-state index in [-0.39, 0.29) is 17.8 Å². The molecule has 4 heteroatoms. The number of aliphatic hydroxyl groups excluding tert-OH is 2. The van der Waals surface area contributed by atoms with Crippen LogP contribution in [0.4, 0.5) is 0 Å². The minimum absolute atomic E-state index is 0.0211. The van der Waals surface area contributed by atoms with E-state index in [1.54, 1.807) is 0 Å². The Morgan fingerprint density at radius 3 is 2.73 bits per heavy atom. The van der Waals surface area contributed by atoms with Crippen LogP contribution in [-0.2, 0) is 4.79 Å². The van der Waals surface area contributed by atoms with Gasteiger partial charge in [-0.3, -0.25) is 0 Å². The van der Waals surface area contributed by atoms with Crippen molar-refractivity contribution in [3.63, 3.8) is 0 Å². The number of aliphatic carboxylic acids is 1. The third kappa shape index (κ3) is 1.59. The normalized spacial score (nSPS) is 23.9. The molecular weight excluding hydrogens is 148 g/mol. The number of hydrogen-bond donors (Lipinski definition) is 3. The molecule has 1 aliphatic carbocycles. The van der Waals surface area contributed by atoms with Crippen LogP contribution >= 0.6 is 0 Å². The molecule has 0 spiro atoms. The Morgan fingerprint density at radius 2 is 2.27 bits per heavy atom. The van der Waals surface area contributed by atoms with Gasteiger partial charge in [-0.15, -0.1) is 0 Å². The van der Waals surface area contributed by atoms with Crippen LogP contribution in [0.15, 0.2) is 23.5 Å². The summed E-state index contributed by atoms with van der Waals surface area (Å²) < 4.78 is 0. The van der Waals surface area contributed by atoms with Crippen molar-refractivity contribution in [2.24, 2.45) is 0 Å². The standard InChI is InChI=1S/C7H8O4/c8-5-2-1-4(7(10)11)3-6(5)9/h1,3,5,8-9H,2H2,(H,10,11)/t5-/m1/s1. The van der Waals surface area contributed by atoms with Gasteiger partial charge in [-0.2, -0.15) is 0 Å². The molecule has 0 aromatic heterocycles. The first kappa shape index (κ1) is 7.81. The Labute approximate surface area is 63.1 Å². The lowest BCUT2D eigenvalue weighted by Gasteiger charge is -2.11. The molecule has 0 radical (unpaired) electrons. The molecule has 0 amide bonds. The molecule has 0 unspecified atom stereocenters. The monoisotopic (exact) mass is 156 g/mol. The van der Waals surface area contributed by atoms with Crippen LogP contribution in [0.3, 0.4) is 0 Å². The zero-order valence-corrected chi connectivity index (χ0v) is 5.69. The van der Waals surface area contributed by atoms with E-state index >= 15 is 0 Å². The average molecular weight is 156 g/mol. The average Bonchev–Trinajstić information content (AvgIpc) is 1.94. The van der Waals surface area contributed by atoms with Gasteiger partial charge < -0.3 is 15.3 Å². The molecule has 1 rings (SSSR count). The first-order valence-corrected chi connectivity index (χ1v) is 3.13. The highest BCUT2D eigenvalue weighted by Crippen LogP contribution is 2.15. The molecule has 0 aromatic rings. The molecule has 3 N–H and O–H groups in total. The third-order valence-electron chi connectivity index (χ3n) is 1.45. The number of carboxylic acids is 1. The van der Waals surface area contributed by atoms with E-state index in [1.807, 2.05) is 0 Å². The fourth-order valence-electron chi connectivity index (χ4n) is 0.823. The molecule has 0 aliphatic heterocycles. The predicted octanol–water partition coefficient (Wildman–Crippen LogP) is 0.204. The summed E-state index contributed by atoms with van der Waals surface area (Å²) in [6.07, 6.45) is 1.63. The molecule has 0 saturated heterocycles. The highest BCUT2D eigenvalue weighted by atomic mass is 16.4.